The number of ketones is 1. The lowest BCUT2D eigenvalue weighted by molar-refractivity contribution is -0.134. The first-order chi connectivity index (χ1) is 16.4. The van der Waals surface area contributed by atoms with Gasteiger partial charge in [-0.1, -0.05) is 30.3 Å². The van der Waals surface area contributed by atoms with Gasteiger partial charge in [0.25, 0.3) is 0 Å². The number of esters is 1. The maximum Gasteiger partial charge on any atom is 0.334 e. The average Bonchev–Trinajstić information content (AvgIpc) is 3.17. The van der Waals surface area contributed by atoms with Crippen molar-refractivity contribution in [1.29, 1.82) is 0 Å². The highest BCUT2D eigenvalue weighted by molar-refractivity contribution is 6.30. The monoisotopic (exact) mass is 480 g/mol. The minimum atomic E-state index is -0.965. The van der Waals surface area contributed by atoms with Crippen LogP contribution in [0.2, 0.25) is 0 Å². The van der Waals surface area contributed by atoms with Gasteiger partial charge in [-0.15, -0.1) is 11.6 Å². The van der Waals surface area contributed by atoms with E-state index in [2.05, 4.69) is 0 Å². The van der Waals surface area contributed by atoms with Crippen LogP contribution >= 0.6 is 11.6 Å². The predicted octanol–water partition coefficient (Wildman–Crippen LogP) is 5.21. The third-order valence-electron chi connectivity index (χ3n) is 5.14. The number of hydrogen-bond donors (Lipinski definition) is 0. The SMILES string of the molecule is COc1cc(/C=C2\Oc3cc(OC(=O)C(Cl)c4ccccc4)ccc3C2=O)cc(OC)c1OC. The van der Waals surface area contributed by atoms with Gasteiger partial charge in [-0.3, -0.25) is 4.79 Å². The molecule has 1 atom stereocenters. The molecule has 0 amide bonds. The van der Waals surface area contributed by atoms with Crippen molar-refractivity contribution in [3.05, 3.63) is 83.1 Å². The van der Waals surface area contributed by atoms with Crippen molar-refractivity contribution in [2.45, 2.75) is 5.38 Å². The van der Waals surface area contributed by atoms with E-state index in [9.17, 15) is 9.59 Å². The van der Waals surface area contributed by atoms with E-state index in [1.54, 1.807) is 48.5 Å². The van der Waals surface area contributed by atoms with Crippen LogP contribution in [0.15, 0.2) is 66.4 Å². The van der Waals surface area contributed by atoms with Crippen LogP contribution in [0, 0.1) is 0 Å². The maximum absolute atomic E-state index is 12.9. The Kier molecular flexibility index (Phi) is 6.75. The molecule has 34 heavy (non-hydrogen) atoms. The Bertz CT molecular complexity index is 1240. The fourth-order valence-corrected chi connectivity index (χ4v) is 3.68. The molecule has 4 rings (SSSR count). The van der Waals surface area contributed by atoms with E-state index in [1.807, 2.05) is 6.07 Å². The van der Waals surface area contributed by atoms with Crippen LogP contribution in [-0.2, 0) is 4.79 Å². The zero-order chi connectivity index (χ0) is 24.2. The highest BCUT2D eigenvalue weighted by atomic mass is 35.5. The van der Waals surface area contributed by atoms with Gasteiger partial charge in [-0.2, -0.15) is 0 Å². The molecule has 0 aliphatic carbocycles. The summed E-state index contributed by atoms with van der Waals surface area (Å²) in [6.07, 6.45) is 1.57. The first-order valence-electron chi connectivity index (χ1n) is 10.2. The zero-order valence-corrected chi connectivity index (χ0v) is 19.4. The molecule has 8 heteroatoms. The molecule has 0 radical (unpaired) electrons. The van der Waals surface area contributed by atoms with E-state index >= 15 is 0 Å². The lowest BCUT2D eigenvalue weighted by Gasteiger charge is -2.13. The largest absolute Gasteiger partial charge is 0.493 e. The number of allylic oxidation sites excluding steroid dienone is 1. The van der Waals surface area contributed by atoms with Gasteiger partial charge in [0, 0.05) is 6.07 Å². The summed E-state index contributed by atoms with van der Waals surface area (Å²) in [5.41, 5.74) is 1.59. The second-order valence-electron chi connectivity index (χ2n) is 7.25. The van der Waals surface area contributed by atoms with Gasteiger partial charge in [-0.05, 0) is 41.5 Å². The summed E-state index contributed by atoms with van der Waals surface area (Å²) in [6.45, 7) is 0. The van der Waals surface area contributed by atoms with Gasteiger partial charge in [0.2, 0.25) is 11.5 Å². The standard InChI is InChI=1S/C26H21ClO7/c1-30-21-12-15(13-22(31-2)25(21)32-3)11-20-24(28)18-10-9-17(14-19(18)34-20)33-26(29)23(27)16-7-5-4-6-8-16/h4-14,23H,1-3H3/b20-11-. The molecular formula is C26H21ClO7. The van der Waals surface area contributed by atoms with Crippen LogP contribution in [0.5, 0.6) is 28.7 Å². The first kappa shape index (κ1) is 23.2. The molecule has 3 aromatic carbocycles. The quantitative estimate of drug-likeness (QED) is 0.198. The number of fused-ring (bicyclic) bond motifs is 1. The fourth-order valence-electron chi connectivity index (χ4n) is 3.49. The minimum Gasteiger partial charge on any atom is -0.493 e. The number of rotatable bonds is 7. The van der Waals surface area contributed by atoms with Crippen molar-refractivity contribution in [3.8, 4) is 28.7 Å². The van der Waals surface area contributed by atoms with E-state index in [1.165, 1.54) is 33.5 Å². The molecule has 1 heterocycles. The molecule has 0 saturated carbocycles. The Morgan fingerprint density at radius 3 is 2.24 bits per heavy atom. The first-order valence-corrected chi connectivity index (χ1v) is 10.7. The number of halogens is 1. The molecule has 0 spiro atoms. The molecule has 7 nitrogen and oxygen atoms in total. The van der Waals surface area contributed by atoms with Crippen molar-refractivity contribution >= 4 is 29.4 Å². The number of carbonyl (C=O) groups is 2. The normalized spacial score (nSPS) is 14.2. The van der Waals surface area contributed by atoms with Gasteiger partial charge in [-0.25, -0.2) is 4.79 Å². The number of benzene rings is 3. The van der Waals surface area contributed by atoms with Gasteiger partial charge in [0.15, 0.2) is 22.6 Å². The van der Waals surface area contributed by atoms with E-state index in [0.29, 0.717) is 33.9 Å². The number of methoxy groups -OCH3 is 3. The molecule has 3 aromatic rings. The fraction of sp³-hybridized carbons (Fsp3) is 0.154. The molecule has 0 bridgehead atoms. The molecule has 1 aliphatic heterocycles. The number of hydrogen-bond acceptors (Lipinski definition) is 7. The molecule has 0 fully saturated rings. The predicted molar refractivity (Wildman–Crippen MR) is 126 cm³/mol. The van der Waals surface area contributed by atoms with Crippen LogP contribution < -0.4 is 23.7 Å². The summed E-state index contributed by atoms with van der Waals surface area (Å²) >= 11 is 6.23. The summed E-state index contributed by atoms with van der Waals surface area (Å²) in [5.74, 6) is 0.985. The third-order valence-corrected chi connectivity index (χ3v) is 5.57. The van der Waals surface area contributed by atoms with Crippen LogP contribution in [0.4, 0.5) is 0 Å². The second kappa shape index (κ2) is 9.89. The molecule has 0 saturated heterocycles. The minimum absolute atomic E-state index is 0.104. The van der Waals surface area contributed by atoms with E-state index in [0.717, 1.165) is 0 Å². The van der Waals surface area contributed by atoms with Gasteiger partial charge in [0.1, 0.15) is 11.5 Å². The van der Waals surface area contributed by atoms with Crippen LogP contribution in [0.3, 0.4) is 0 Å². The molecule has 1 unspecified atom stereocenters. The molecule has 1 aliphatic rings. The molecule has 174 valence electrons. The Labute approximate surface area is 201 Å². The van der Waals surface area contributed by atoms with Gasteiger partial charge < -0.3 is 23.7 Å². The maximum atomic E-state index is 12.9. The Morgan fingerprint density at radius 1 is 0.941 bits per heavy atom. The summed E-state index contributed by atoms with van der Waals surface area (Å²) < 4.78 is 27.2. The lowest BCUT2D eigenvalue weighted by Crippen LogP contribution is -2.14. The van der Waals surface area contributed by atoms with Crippen molar-refractivity contribution < 1.29 is 33.3 Å². The number of alkyl halides is 1. The second-order valence-corrected chi connectivity index (χ2v) is 7.69. The number of ether oxygens (including phenoxy) is 5. The summed E-state index contributed by atoms with van der Waals surface area (Å²) in [5, 5.41) is -0.965. The van der Waals surface area contributed by atoms with E-state index in [4.69, 9.17) is 35.3 Å². The lowest BCUT2D eigenvalue weighted by atomic mass is 10.1. The number of Topliss-reactive ketones (excluding diaryl/α,β-unsaturated/α-hetero) is 1. The van der Waals surface area contributed by atoms with Crippen LogP contribution in [0.25, 0.3) is 6.08 Å². The Hall–Kier alpha value is -3.97. The molecule has 0 aromatic heterocycles. The highest BCUT2D eigenvalue weighted by Gasteiger charge is 2.29. The molecular weight excluding hydrogens is 460 g/mol. The summed E-state index contributed by atoms with van der Waals surface area (Å²) in [7, 11) is 4.52. The van der Waals surface area contributed by atoms with Crippen molar-refractivity contribution in [2.75, 3.05) is 21.3 Å². The van der Waals surface area contributed by atoms with Crippen molar-refractivity contribution in [3.63, 3.8) is 0 Å². The van der Waals surface area contributed by atoms with E-state index < -0.39 is 11.3 Å². The summed E-state index contributed by atoms with van der Waals surface area (Å²) in [6, 6.07) is 16.8. The van der Waals surface area contributed by atoms with Gasteiger partial charge in [0.05, 0.1) is 26.9 Å². The Balaban J connectivity index is 1.56. The zero-order valence-electron chi connectivity index (χ0n) is 18.7. The third kappa shape index (κ3) is 4.56. The van der Waals surface area contributed by atoms with E-state index in [-0.39, 0.29) is 23.0 Å². The smallest absolute Gasteiger partial charge is 0.334 e. The topological polar surface area (TPSA) is 80.3 Å². The highest BCUT2D eigenvalue weighted by Crippen LogP contribution is 2.40. The van der Waals surface area contributed by atoms with Crippen molar-refractivity contribution in [1.82, 2.24) is 0 Å². The number of carbonyl (C=O) groups excluding carboxylic acids is 2. The summed E-state index contributed by atoms with van der Waals surface area (Å²) in [4.78, 5) is 25.3. The van der Waals surface area contributed by atoms with Crippen molar-refractivity contribution in [2.24, 2.45) is 0 Å². The average molecular weight is 481 g/mol. The van der Waals surface area contributed by atoms with Crippen LogP contribution in [0.1, 0.15) is 26.9 Å². The Morgan fingerprint density at radius 2 is 1.62 bits per heavy atom. The molecule has 0 N–H and O–H groups in total. The van der Waals surface area contributed by atoms with Crippen LogP contribution in [-0.4, -0.2) is 33.1 Å². The van der Waals surface area contributed by atoms with Gasteiger partial charge >= 0.3 is 5.97 Å².